The van der Waals surface area contributed by atoms with Gasteiger partial charge in [0.2, 0.25) is 6.20 Å². The SMILES string of the molecule is NNc1ncc[n+]([O-])n1. The molecule has 0 fully saturated rings. The van der Waals surface area contributed by atoms with E-state index in [-0.39, 0.29) is 5.95 Å². The standard InChI is InChI=1S/C3H5N5O/c4-6-3-5-1-2-8(9)7-3/h1-2H,4H2,(H,5,6,7). The summed E-state index contributed by atoms with van der Waals surface area (Å²) in [5.41, 5.74) is 2.12. The van der Waals surface area contributed by atoms with Crippen LogP contribution in [0.3, 0.4) is 0 Å². The highest BCUT2D eigenvalue weighted by Crippen LogP contribution is 1.82. The van der Waals surface area contributed by atoms with Gasteiger partial charge in [-0.25, -0.2) is 10.8 Å². The summed E-state index contributed by atoms with van der Waals surface area (Å²) in [5, 5.41) is 13.6. The average molecular weight is 127 g/mol. The molecule has 0 aliphatic carbocycles. The highest BCUT2D eigenvalue weighted by molar-refractivity contribution is 5.15. The van der Waals surface area contributed by atoms with E-state index in [0.717, 1.165) is 0 Å². The zero-order valence-electron chi connectivity index (χ0n) is 4.48. The van der Waals surface area contributed by atoms with Gasteiger partial charge in [-0.2, -0.15) is 0 Å². The van der Waals surface area contributed by atoms with Gasteiger partial charge in [-0.3, -0.25) is 5.43 Å². The Morgan fingerprint density at radius 2 is 2.56 bits per heavy atom. The topological polar surface area (TPSA) is 90.8 Å². The molecule has 0 amide bonds. The molecule has 9 heavy (non-hydrogen) atoms. The van der Waals surface area contributed by atoms with Gasteiger partial charge in [0.15, 0.2) is 0 Å². The van der Waals surface area contributed by atoms with Crippen LogP contribution >= 0.6 is 0 Å². The van der Waals surface area contributed by atoms with Gasteiger partial charge in [0.05, 0.1) is 11.3 Å². The van der Waals surface area contributed by atoms with E-state index in [4.69, 9.17) is 5.84 Å². The largest absolute Gasteiger partial charge is 0.594 e. The summed E-state index contributed by atoms with van der Waals surface area (Å²) in [7, 11) is 0. The highest BCUT2D eigenvalue weighted by Gasteiger charge is 1.93. The van der Waals surface area contributed by atoms with Crippen LogP contribution in [0.25, 0.3) is 0 Å². The lowest BCUT2D eigenvalue weighted by Crippen LogP contribution is -2.32. The summed E-state index contributed by atoms with van der Waals surface area (Å²) in [6.07, 6.45) is 2.47. The van der Waals surface area contributed by atoms with E-state index in [1.54, 1.807) is 0 Å². The predicted molar refractivity (Wildman–Crippen MR) is 28.8 cm³/mol. The van der Waals surface area contributed by atoms with Gasteiger partial charge in [-0.15, -0.1) is 0 Å². The predicted octanol–water partition coefficient (Wildman–Crippen LogP) is -1.60. The van der Waals surface area contributed by atoms with Crippen molar-refractivity contribution in [2.24, 2.45) is 5.84 Å². The summed E-state index contributed by atoms with van der Waals surface area (Å²) in [6, 6.07) is 0. The first-order chi connectivity index (χ1) is 4.33. The molecule has 0 aliphatic rings. The van der Waals surface area contributed by atoms with Crippen LogP contribution in [-0.4, -0.2) is 10.1 Å². The molecule has 1 aromatic heterocycles. The molecular weight excluding hydrogens is 122 g/mol. The molecule has 0 saturated heterocycles. The fourth-order valence-electron chi connectivity index (χ4n) is 0.380. The number of nitrogens with two attached hydrogens (primary N) is 1. The quantitative estimate of drug-likeness (QED) is 0.205. The lowest BCUT2D eigenvalue weighted by molar-refractivity contribution is -0.668. The molecule has 1 heterocycles. The van der Waals surface area contributed by atoms with Crippen LogP contribution in [-0.2, 0) is 0 Å². The molecule has 0 radical (unpaired) electrons. The third kappa shape index (κ3) is 1.23. The van der Waals surface area contributed by atoms with Crippen molar-refractivity contribution in [1.29, 1.82) is 0 Å². The van der Waals surface area contributed by atoms with E-state index < -0.39 is 0 Å². The maximum atomic E-state index is 10.3. The Kier molecular flexibility index (Phi) is 1.41. The van der Waals surface area contributed by atoms with Crippen molar-refractivity contribution >= 4 is 5.95 Å². The van der Waals surface area contributed by atoms with Crippen molar-refractivity contribution in [3.63, 3.8) is 0 Å². The van der Waals surface area contributed by atoms with Crippen molar-refractivity contribution < 1.29 is 4.85 Å². The van der Waals surface area contributed by atoms with Gasteiger partial charge in [0.25, 0.3) is 0 Å². The molecule has 0 unspecified atom stereocenters. The Morgan fingerprint density at radius 1 is 1.78 bits per heavy atom. The second-order valence-corrected chi connectivity index (χ2v) is 1.30. The molecule has 48 valence electrons. The van der Waals surface area contributed by atoms with Crippen LogP contribution in [0, 0.1) is 5.21 Å². The molecule has 1 aromatic rings. The molecule has 0 saturated carbocycles. The maximum Gasteiger partial charge on any atom is 0.304 e. The molecule has 0 bridgehead atoms. The highest BCUT2D eigenvalue weighted by atomic mass is 16.5. The second kappa shape index (κ2) is 2.23. The van der Waals surface area contributed by atoms with Crippen molar-refractivity contribution in [3.8, 4) is 0 Å². The normalized spacial score (nSPS) is 9.00. The smallest absolute Gasteiger partial charge is 0.304 e. The Labute approximate surface area is 50.9 Å². The zero-order valence-corrected chi connectivity index (χ0v) is 4.48. The third-order valence-corrected chi connectivity index (χ3v) is 0.713. The summed E-state index contributed by atoms with van der Waals surface area (Å²) in [5.74, 6) is 5.00. The molecule has 3 N–H and O–H groups in total. The second-order valence-electron chi connectivity index (χ2n) is 1.30. The summed E-state index contributed by atoms with van der Waals surface area (Å²) >= 11 is 0. The Balaban J connectivity index is 2.94. The zero-order chi connectivity index (χ0) is 6.69. The van der Waals surface area contributed by atoms with Gasteiger partial charge < -0.3 is 5.21 Å². The monoisotopic (exact) mass is 127 g/mol. The van der Waals surface area contributed by atoms with Crippen LogP contribution in [0.2, 0.25) is 0 Å². The number of aromatic nitrogens is 3. The number of hydrogen-bond acceptors (Lipinski definition) is 5. The Bertz CT molecular complexity index is 201. The van der Waals surface area contributed by atoms with Gasteiger partial charge in [0, 0.05) is 0 Å². The van der Waals surface area contributed by atoms with Crippen LogP contribution in [0.5, 0.6) is 0 Å². The fraction of sp³-hybridized carbons (Fsp3) is 0. The molecule has 6 heteroatoms. The molecule has 0 aromatic carbocycles. The van der Waals surface area contributed by atoms with E-state index in [1.165, 1.54) is 12.4 Å². The first-order valence-electron chi connectivity index (χ1n) is 2.22. The van der Waals surface area contributed by atoms with Gasteiger partial charge in [0.1, 0.15) is 0 Å². The first-order valence-corrected chi connectivity index (χ1v) is 2.22. The van der Waals surface area contributed by atoms with Gasteiger partial charge >= 0.3 is 5.95 Å². The molecular formula is C3H5N5O. The minimum absolute atomic E-state index is 0.104. The van der Waals surface area contributed by atoms with Crippen molar-refractivity contribution in [1.82, 2.24) is 10.1 Å². The summed E-state index contributed by atoms with van der Waals surface area (Å²) in [4.78, 5) is 3.95. The molecule has 0 spiro atoms. The number of hydrazine groups is 1. The molecule has 0 atom stereocenters. The van der Waals surface area contributed by atoms with Gasteiger partial charge in [-0.05, 0) is 0 Å². The fourth-order valence-corrected chi connectivity index (χ4v) is 0.380. The van der Waals surface area contributed by atoms with Crippen LogP contribution in [0.15, 0.2) is 12.4 Å². The van der Waals surface area contributed by atoms with Crippen molar-refractivity contribution in [3.05, 3.63) is 17.6 Å². The average Bonchev–Trinajstić information content (AvgIpc) is 1.88. The number of nitrogens with one attached hydrogen (secondary N) is 1. The third-order valence-electron chi connectivity index (χ3n) is 0.713. The van der Waals surface area contributed by atoms with Crippen LogP contribution < -0.4 is 16.1 Å². The lowest BCUT2D eigenvalue weighted by atomic mass is 10.9. The minimum Gasteiger partial charge on any atom is -0.594 e. The van der Waals surface area contributed by atoms with E-state index in [2.05, 4.69) is 15.5 Å². The van der Waals surface area contributed by atoms with Crippen LogP contribution in [0.4, 0.5) is 5.95 Å². The number of anilines is 1. The van der Waals surface area contributed by atoms with Gasteiger partial charge in [-0.1, -0.05) is 4.85 Å². The van der Waals surface area contributed by atoms with E-state index in [9.17, 15) is 5.21 Å². The molecule has 0 aliphatic heterocycles. The lowest BCUT2D eigenvalue weighted by Gasteiger charge is -1.93. The number of rotatable bonds is 1. The molecule has 6 nitrogen and oxygen atoms in total. The van der Waals surface area contributed by atoms with E-state index in [1.807, 2.05) is 0 Å². The number of nitrogens with zero attached hydrogens (tertiary/aromatic N) is 3. The number of nitrogen functional groups attached to an aromatic ring is 1. The van der Waals surface area contributed by atoms with E-state index in [0.29, 0.717) is 4.85 Å². The van der Waals surface area contributed by atoms with Crippen LogP contribution in [0.1, 0.15) is 0 Å². The first kappa shape index (κ1) is 5.70. The van der Waals surface area contributed by atoms with E-state index >= 15 is 0 Å². The Hall–Kier alpha value is -1.43. The summed E-state index contributed by atoms with van der Waals surface area (Å²) < 4.78 is 0. The van der Waals surface area contributed by atoms with Crippen molar-refractivity contribution in [2.45, 2.75) is 0 Å². The van der Waals surface area contributed by atoms with Crippen molar-refractivity contribution in [2.75, 3.05) is 5.43 Å². The summed E-state index contributed by atoms with van der Waals surface area (Å²) in [6.45, 7) is 0. The molecule has 1 rings (SSSR count). The Morgan fingerprint density at radius 3 is 3.00 bits per heavy atom. The minimum atomic E-state index is 0.104. The maximum absolute atomic E-state index is 10.3. The number of hydrogen-bond donors (Lipinski definition) is 2.